The maximum Gasteiger partial charge on any atom is 0.410 e. The zero-order chi connectivity index (χ0) is 14.3. The Balaban J connectivity index is 4.65. The molecule has 1 N–H and O–H groups in total. The molecular formula is C10H18N4O4. The Kier molecular flexibility index (Phi) is 5.98. The van der Waals surface area contributed by atoms with Crippen LogP contribution in [0.4, 0.5) is 4.79 Å². The third kappa shape index (κ3) is 5.95. The minimum atomic E-state index is -1.17. The second kappa shape index (κ2) is 6.70. The van der Waals surface area contributed by atoms with E-state index in [1.807, 2.05) is 0 Å². The highest BCUT2D eigenvalue weighted by molar-refractivity contribution is 5.79. The molecular weight excluding hydrogens is 240 g/mol. The molecule has 0 saturated carbocycles. The van der Waals surface area contributed by atoms with Crippen LogP contribution in [0.1, 0.15) is 27.2 Å². The summed E-state index contributed by atoms with van der Waals surface area (Å²) in [6.45, 7) is 5.07. The van der Waals surface area contributed by atoms with E-state index in [9.17, 15) is 9.59 Å². The number of carboxylic acid groups (broad SMARTS) is 1. The van der Waals surface area contributed by atoms with Gasteiger partial charge < -0.3 is 9.84 Å². The number of aliphatic carboxylic acids is 1. The molecule has 8 nitrogen and oxygen atoms in total. The van der Waals surface area contributed by atoms with E-state index in [-0.39, 0.29) is 13.0 Å². The quantitative estimate of drug-likeness (QED) is 0.461. The summed E-state index contributed by atoms with van der Waals surface area (Å²) in [7, 11) is 1.34. The summed E-state index contributed by atoms with van der Waals surface area (Å²) < 4.78 is 5.06. The summed E-state index contributed by atoms with van der Waals surface area (Å²) >= 11 is 0. The Labute approximate surface area is 105 Å². The van der Waals surface area contributed by atoms with E-state index in [4.69, 9.17) is 15.4 Å². The first kappa shape index (κ1) is 16.1. The van der Waals surface area contributed by atoms with Crippen molar-refractivity contribution in [2.75, 3.05) is 13.6 Å². The van der Waals surface area contributed by atoms with E-state index in [0.717, 1.165) is 4.90 Å². The molecule has 0 unspecified atom stereocenters. The SMILES string of the molecule is CN(C(=O)OC(C)(C)C)[C@@H](CCN=[N+]=[N-])C(=O)O. The smallest absolute Gasteiger partial charge is 0.410 e. The van der Waals surface area contributed by atoms with Gasteiger partial charge in [0.15, 0.2) is 0 Å². The maximum absolute atomic E-state index is 11.7. The molecule has 8 heteroatoms. The van der Waals surface area contributed by atoms with E-state index >= 15 is 0 Å². The molecule has 18 heavy (non-hydrogen) atoms. The summed E-state index contributed by atoms with van der Waals surface area (Å²) in [6.07, 6.45) is -0.689. The topological polar surface area (TPSA) is 116 Å². The summed E-state index contributed by atoms with van der Waals surface area (Å²) in [5.41, 5.74) is 7.43. The maximum atomic E-state index is 11.7. The van der Waals surface area contributed by atoms with E-state index in [2.05, 4.69) is 10.0 Å². The number of rotatable bonds is 5. The molecule has 0 rings (SSSR count). The fourth-order valence-corrected chi connectivity index (χ4v) is 1.17. The van der Waals surface area contributed by atoms with Gasteiger partial charge in [-0.25, -0.2) is 9.59 Å². The van der Waals surface area contributed by atoms with Crippen molar-refractivity contribution in [2.24, 2.45) is 5.11 Å². The average molecular weight is 258 g/mol. The van der Waals surface area contributed by atoms with Crippen LogP contribution in [-0.2, 0) is 9.53 Å². The molecule has 0 aliphatic carbocycles. The van der Waals surface area contributed by atoms with Crippen molar-refractivity contribution in [3.63, 3.8) is 0 Å². The Morgan fingerprint density at radius 2 is 2.06 bits per heavy atom. The minimum Gasteiger partial charge on any atom is -0.480 e. The van der Waals surface area contributed by atoms with Gasteiger partial charge in [-0.1, -0.05) is 5.11 Å². The number of carboxylic acids is 1. The van der Waals surface area contributed by atoms with Crippen molar-refractivity contribution in [1.82, 2.24) is 4.90 Å². The Morgan fingerprint density at radius 1 is 1.50 bits per heavy atom. The van der Waals surface area contributed by atoms with Crippen LogP contribution in [0.15, 0.2) is 5.11 Å². The number of hydrogen-bond acceptors (Lipinski definition) is 4. The molecule has 0 aromatic heterocycles. The van der Waals surface area contributed by atoms with Gasteiger partial charge in [0.25, 0.3) is 0 Å². The minimum absolute atomic E-state index is 0.000600. The third-order valence-electron chi connectivity index (χ3n) is 2.00. The van der Waals surface area contributed by atoms with Crippen molar-refractivity contribution in [2.45, 2.75) is 38.8 Å². The summed E-state index contributed by atoms with van der Waals surface area (Å²) in [6, 6.07) is -1.08. The lowest BCUT2D eigenvalue weighted by molar-refractivity contribution is -0.142. The van der Waals surface area contributed by atoms with Crippen LogP contribution >= 0.6 is 0 Å². The van der Waals surface area contributed by atoms with Crippen molar-refractivity contribution < 1.29 is 19.4 Å². The molecule has 0 fully saturated rings. The van der Waals surface area contributed by atoms with Crippen LogP contribution in [0.5, 0.6) is 0 Å². The number of likely N-dealkylation sites (N-methyl/N-ethyl adjacent to an activating group) is 1. The number of amides is 1. The van der Waals surface area contributed by atoms with Crippen LogP contribution in [-0.4, -0.2) is 47.3 Å². The van der Waals surface area contributed by atoms with Gasteiger partial charge in [0.2, 0.25) is 0 Å². The molecule has 0 radical (unpaired) electrons. The zero-order valence-electron chi connectivity index (χ0n) is 11.0. The highest BCUT2D eigenvalue weighted by atomic mass is 16.6. The van der Waals surface area contributed by atoms with Gasteiger partial charge in [0.05, 0.1) is 0 Å². The first-order valence-electron chi connectivity index (χ1n) is 5.38. The van der Waals surface area contributed by atoms with Crippen molar-refractivity contribution in [1.29, 1.82) is 0 Å². The molecule has 1 atom stereocenters. The van der Waals surface area contributed by atoms with Gasteiger partial charge in [-0.2, -0.15) is 0 Å². The van der Waals surface area contributed by atoms with E-state index < -0.39 is 23.7 Å². The fraction of sp³-hybridized carbons (Fsp3) is 0.800. The summed E-state index contributed by atoms with van der Waals surface area (Å²) in [5.74, 6) is -1.17. The number of ether oxygens (including phenoxy) is 1. The number of hydrogen-bond donors (Lipinski definition) is 1. The average Bonchev–Trinajstić information content (AvgIpc) is 2.20. The highest BCUT2D eigenvalue weighted by Gasteiger charge is 2.29. The Morgan fingerprint density at radius 3 is 2.44 bits per heavy atom. The van der Waals surface area contributed by atoms with Crippen molar-refractivity contribution in [3.8, 4) is 0 Å². The van der Waals surface area contributed by atoms with Crippen LogP contribution in [0.3, 0.4) is 0 Å². The molecule has 1 amide bonds. The van der Waals surface area contributed by atoms with Crippen molar-refractivity contribution in [3.05, 3.63) is 10.4 Å². The number of azide groups is 1. The lowest BCUT2D eigenvalue weighted by Crippen LogP contribution is -2.45. The predicted molar refractivity (Wildman–Crippen MR) is 64.1 cm³/mol. The van der Waals surface area contributed by atoms with Gasteiger partial charge in [0, 0.05) is 18.5 Å². The standard InChI is InChI=1S/C10H18N4O4/c1-10(2,3)18-9(17)14(4)7(8(15)16)5-6-12-13-11/h7H,5-6H2,1-4H3,(H,15,16)/t7-/m0/s1. The molecule has 0 heterocycles. The molecule has 0 saturated heterocycles. The summed E-state index contributed by atoms with van der Waals surface area (Å²) in [4.78, 5) is 26.2. The molecule has 0 aliphatic heterocycles. The number of nitrogens with zero attached hydrogens (tertiary/aromatic N) is 4. The van der Waals surface area contributed by atoms with Crippen LogP contribution in [0, 0.1) is 0 Å². The second-order valence-electron chi connectivity index (χ2n) is 4.69. The predicted octanol–water partition coefficient (Wildman–Crippen LogP) is 2.01. The molecule has 0 spiro atoms. The first-order valence-corrected chi connectivity index (χ1v) is 5.38. The lowest BCUT2D eigenvalue weighted by atomic mass is 10.2. The normalized spacial score (nSPS) is 12.2. The second-order valence-corrected chi connectivity index (χ2v) is 4.69. The lowest BCUT2D eigenvalue weighted by Gasteiger charge is -2.28. The Hall–Kier alpha value is -1.95. The molecule has 0 aromatic rings. The number of carbonyl (C=O) groups is 2. The van der Waals surface area contributed by atoms with Crippen molar-refractivity contribution >= 4 is 12.1 Å². The molecule has 0 bridgehead atoms. The molecule has 0 aliphatic rings. The molecule has 102 valence electrons. The van der Waals surface area contributed by atoms with Gasteiger partial charge >= 0.3 is 12.1 Å². The monoisotopic (exact) mass is 258 g/mol. The van der Waals surface area contributed by atoms with E-state index in [1.165, 1.54) is 7.05 Å². The largest absolute Gasteiger partial charge is 0.480 e. The van der Waals surface area contributed by atoms with Gasteiger partial charge in [0.1, 0.15) is 11.6 Å². The first-order chi connectivity index (χ1) is 8.19. The molecule has 0 aromatic carbocycles. The third-order valence-corrected chi connectivity index (χ3v) is 2.00. The van der Waals surface area contributed by atoms with Crippen LogP contribution in [0.2, 0.25) is 0 Å². The Bertz CT molecular complexity index is 357. The van der Waals surface area contributed by atoms with Crippen LogP contribution < -0.4 is 0 Å². The number of carbonyl (C=O) groups excluding carboxylic acids is 1. The fourth-order valence-electron chi connectivity index (χ4n) is 1.17. The van der Waals surface area contributed by atoms with E-state index in [1.54, 1.807) is 20.8 Å². The highest BCUT2D eigenvalue weighted by Crippen LogP contribution is 2.12. The zero-order valence-corrected chi connectivity index (χ0v) is 11.0. The van der Waals surface area contributed by atoms with Gasteiger partial charge in [-0.3, -0.25) is 4.90 Å². The summed E-state index contributed by atoms with van der Waals surface area (Å²) in [5, 5.41) is 12.3. The van der Waals surface area contributed by atoms with Gasteiger partial charge in [-0.15, -0.1) is 0 Å². The van der Waals surface area contributed by atoms with E-state index in [0.29, 0.717) is 0 Å². The van der Waals surface area contributed by atoms with Crippen LogP contribution in [0.25, 0.3) is 10.4 Å². The van der Waals surface area contributed by atoms with Gasteiger partial charge in [-0.05, 0) is 32.7 Å².